The zero-order valence-corrected chi connectivity index (χ0v) is 19.9. The topological polar surface area (TPSA) is 157 Å². The maximum absolute atomic E-state index is 11.8. The predicted octanol–water partition coefficient (Wildman–Crippen LogP) is 0.716. The standard InChI is InChI=1S/C9H11N3O5S.C8H10.C4H12N2O/c10-17-1-4-2-18-8-5(11-3-13)7(14)12(8)6(4)9(15)16;1-2-8-6-4-3-5-7-8;1-3-6(4-2)5-7/h3,5,8H,1-2,10H2,(H,11,13)(H,15,16);3-7H,2H2,1H3;5,7H,3-4H2,1-2H3. The third-order valence-corrected chi connectivity index (χ3v) is 6.25. The summed E-state index contributed by atoms with van der Waals surface area (Å²) in [5.41, 5.74) is 3.79. The number of fused-ring (bicyclic) bond motifs is 1. The molecule has 2 amide bonds. The highest BCUT2D eigenvalue weighted by molar-refractivity contribution is 8.00. The number of hydrogen-bond acceptors (Lipinski definition) is 9. The van der Waals surface area contributed by atoms with Crippen molar-refractivity contribution in [2.45, 2.75) is 38.6 Å². The molecule has 11 nitrogen and oxygen atoms in total. The van der Waals surface area contributed by atoms with Gasteiger partial charge in [0.1, 0.15) is 17.1 Å². The van der Waals surface area contributed by atoms with E-state index in [0.717, 1.165) is 24.4 Å². The lowest BCUT2D eigenvalue weighted by Gasteiger charge is -2.48. The summed E-state index contributed by atoms with van der Waals surface area (Å²) in [5.74, 6) is 3.68. The quantitative estimate of drug-likeness (QED) is 0.192. The van der Waals surface area contributed by atoms with Crippen LogP contribution in [-0.4, -0.2) is 75.4 Å². The van der Waals surface area contributed by atoms with E-state index in [0.29, 0.717) is 17.7 Å². The van der Waals surface area contributed by atoms with Crippen LogP contribution in [0.15, 0.2) is 41.6 Å². The highest BCUT2D eigenvalue weighted by Crippen LogP contribution is 2.40. The molecule has 3 rings (SSSR count). The van der Waals surface area contributed by atoms with Gasteiger partial charge in [-0.2, -0.15) is 0 Å². The van der Waals surface area contributed by atoms with Gasteiger partial charge in [0.15, 0.2) is 0 Å². The SMILES string of the molecule is CCN(CC)NO.CCc1ccccc1.NOCC1=C(C(=O)O)N2C(=O)C(NC=O)C2SC1. The van der Waals surface area contributed by atoms with Crippen LogP contribution in [0.2, 0.25) is 0 Å². The van der Waals surface area contributed by atoms with Crippen molar-refractivity contribution >= 4 is 30.0 Å². The van der Waals surface area contributed by atoms with Crippen LogP contribution in [-0.2, 0) is 25.6 Å². The summed E-state index contributed by atoms with van der Waals surface area (Å²) in [6.45, 7) is 7.70. The van der Waals surface area contributed by atoms with E-state index >= 15 is 0 Å². The van der Waals surface area contributed by atoms with Crippen molar-refractivity contribution in [1.82, 2.24) is 20.8 Å². The fourth-order valence-corrected chi connectivity index (χ4v) is 4.41. The Kier molecular flexibility index (Phi) is 13.3. The van der Waals surface area contributed by atoms with E-state index in [9.17, 15) is 14.4 Å². The van der Waals surface area contributed by atoms with E-state index in [2.05, 4.69) is 41.3 Å². The summed E-state index contributed by atoms with van der Waals surface area (Å²) in [7, 11) is 0. The Labute approximate surface area is 197 Å². The van der Waals surface area contributed by atoms with Gasteiger partial charge in [0, 0.05) is 18.8 Å². The first-order valence-corrected chi connectivity index (χ1v) is 11.5. The molecule has 2 atom stereocenters. The van der Waals surface area contributed by atoms with Crippen molar-refractivity contribution in [2.75, 3.05) is 25.4 Å². The molecule has 2 unspecified atom stereocenters. The van der Waals surface area contributed by atoms with E-state index in [-0.39, 0.29) is 17.7 Å². The number of hydrogen-bond donors (Lipinski definition) is 5. The number of aliphatic carboxylic acids is 1. The monoisotopic (exact) mass is 483 g/mol. The lowest BCUT2D eigenvalue weighted by atomic mass is 10.0. The van der Waals surface area contributed by atoms with Gasteiger partial charge in [-0.25, -0.2) is 15.7 Å². The average Bonchev–Trinajstić information content (AvgIpc) is 2.84. The summed E-state index contributed by atoms with van der Waals surface area (Å²) in [4.78, 5) is 38.9. The second kappa shape index (κ2) is 15.4. The Hall–Kier alpha value is -2.48. The number of carbonyl (C=O) groups excluding carboxylic acids is 2. The molecule has 184 valence electrons. The minimum atomic E-state index is -1.20. The van der Waals surface area contributed by atoms with Crippen LogP contribution in [0.5, 0.6) is 0 Å². The van der Waals surface area contributed by atoms with Crippen LogP contribution in [0.4, 0.5) is 0 Å². The zero-order valence-electron chi connectivity index (χ0n) is 19.1. The van der Waals surface area contributed by atoms with Crippen LogP contribution >= 0.6 is 11.8 Å². The second-order valence-electron chi connectivity index (χ2n) is 6.85. The van der Waals surface area contributed by atoms with Gasteiger partial charge in [0.05, 0.1) is 6.61 Å². The average molecular weight is 484 g/mol. The lowest BCUT2D eigenvalue weighted by Crippen LogP contribution is -2.69. The molecule has 2 aliphatic rings. The van der Waals surface area contributed by atoms with Crippen LogP contribution in [0.1, 0.15) is 26.3 Å². The Morgan fingerprint density at radius 3 is 2.33 bits per heavy atom. The molecule has 2 aliphatic heterocycles. The first-order valence-electron chi connectivity index (χ1n) is 10.5. The predicted molar refractivity (Wildman–Crippen MR) is 125 cm³/mol. The normalized spacial score (nSPS) is 18.8. The van der Waals surface area contributed by atoms with Gasteiger partial charge in [-0.3, -0.25) is 14.5 Å². The minimum Gasteiger partial charge on any atom is -0.477 e. The number of aryl methyl sites for hydroxylation is 1. The number of nitrogens with two attached hydrogens (primary N) is 1. The molecule has 1 aromatic carbocycles. The summed E-state index contributed by atoms with van der Waals surface area (Å²) in [6.07, 6.45) is 1.57. The second-order valence-corrected chi connectivity index (χ2v) is 7.96. The third-order valence-electron chi connectivity index (χ3n) is 4.91. The van der Waals surface area contributed by atoms with Gasteiger partial charge in [-0.15, -0.1) is 17.4 Å². The van der Waals surface area contributed by atoms with E-state index in [1.54, 1.807) is 5.01 Å². The first-order chi connectivity index (χ1) is 15.9. The largest absolute Gasteiger partial charge is 0.477 e. The number of carbonyl (C=O) groups is 3. The van der Waals surface area contributed by atoms with E-state index in [4.69, 9.17) is 16.2 Å². The molecule has 1 fully saturated rings. The highest BCUT2D eigenvalue weighted by atomic mass is 32.2. The first kappa shape index (κ1) is 28.6. The molecule has 0 radical (unpaired) electrons. The van der Waals surface area contributed by atoms with Gasteiger partial charge < -0.3 is 20.5 Å². The molecule has 0 spiro atoms. The smallest absolute Gasteiger partial charge is 0.352 e. The molecule has 6 N–H and O–H groups in total. The van der Waals surface area contributed by atoms with Crippen molar-refractivity contribution in [3.05, 3.63) is 47.2 Å². The van der Waals surface area contributed by atoms with Gasteiger partial charge in [0.2, 0.25) is 6.41 Å². The molecule has 0 aliphatic carbocycles. The van der Waals surface area contributed by atoms with Crippen LogP contribution < -0.4 is 16.8 Å². The molecular formula is C21H33N5O6S. The van der Waals surface area contributed by atoms with Crippen LogP contribution in [0.3, 0.4) is 0 Å². The Morgan fingerprint density at radius 1 is 1.30 bits per heavy atom. The molecule has 0 saturated carbocycles. The lowest BCUT2D eigenvalue weighted by molar-refractivity contribution is -0.149. The molecule has 33 heavy (non-hydrogen) atoms. The van der Waals surface area contributed by atoms with Gasteiger partial charge >= 0.3 is 5.97 Å². The number of amides is 2. The summed E-state index contributed by atoms with van der Waals surface area (Å²) in [6, 6.07) is 9.79. The fourth-order valence-electron chi connectivity index (χ4n) is 3.07. The Balaban J connectivity index is 0.000000300. The van der Waals surface area contributed by atoms with Crippen LogP contribution in [0.25, 0.3) is 0 Å². The van der Waals surface area contributed by atoms with Crippen molar-refractivity contribution in [1.29, 1.82) is 0 Å². The summed E-state index contributed by atoms with van der Waals surface area (Å²) in [5, 5.41) is 21.0. The maximum atomic E-state index is 11.8. The number of benzene rings is 1. The number of carboxylic acids is 1. The third kappa shape index (κ3) is 8.11. The number of rotatable bonds is 9. The van der Waals surface area contributed by atoms with E-state index in [1.165, 1.54) is 17.3 Å². The number of thioether (sulfide) groups is 1. The van der Waals surface area contributed by atoms with Crippen molar-refractivity contribution in [3.8, 4) is 0 Å². The Morgan fingerprint density at radius 2 is 1.94 bits per heavy atom. The Bertz CT molecular complexity index is 785. The number of nitrogens with one attached hydrogen (secondary N) is 2. The van der Waals surface area contributed by atoms with Gasteiger partial charge in [-0.05, 0) is 17.6 Å². The number of β-lactam (4-membered cyclic amide) rings is 1. The zero-order chi connectivity index (χ0) is 24.8. The molecule has 12 heteroatoms. The molecule has 1 saturated heterocycles. The molecule has 0 bridgehead atoms. The molecule has 1 aromatic rings. The minimum absolute atomic E-state index is 0.0447. The fraction of sp³-hybridized carbons (Fsp3) is 0.476. The number of hydrazine groups is 1. The van der Waals surface area contributed by atoms with Gasteiger partial charge in [0.25, 0.3) is 5.91 Å². The number of carboxylic acid groups (broad SMARTS) is 1. The summed E-state index contributed by atoms with van der Waals surface area (Å²) >= 11 is 1.36. The summed E-state index contributed by atoms with van der Waals surface area (Å²) < 4.78 is 0. The van der Waals surface area contributed by atoms with E-state index < -0.39 is 17.9 Å². The van der Waals surface area contributed by atoms with Crippen molar-refractivity contribution < 1.29 is 29.5 Å². The number of nitrogens with zero attached hydrogens (tertiary/aromatic N) is 2. The molecule has 0 aromatic heterocycles. The van der Waals surface area contributed by atoms with Crippen molar-refractivity contribution in [2.24, 2.45) is 5.90 Å². The van der Waals surface area contributed by atoms with E-state index in [1.807, 2.05) is 25.5 Å². The van der Waals surface area contributed by atoms with Crippen LogP contribution in [0, 0.1) is 0 Å². The molecular weight excluding hydrogens is 450 g/mol. The van der Waals surface area contributed by atoms with Crippen molar-refractivity contribution in [3.63, 3.8) is 0 Å². The molecule has 2 heterocycles. The highest BCUT2D eigenvalue weighted by Gasteiger charge is 2.53. The van der Waals surface area contributed by atoms with Gasteiger partial charge in [-0.1, -0.05) is 51.1 Å². The maximum Gasteiger partial charge on any atom is 0.352 e.